The lowest BCUT2D eigenvalue weighted by atomic mass is 10.0. The van der Waals surface area contributed by atoms with Gasteiger partial charge in [-0.05, 0) is 67.3 Å². The van der Waals surface area contributed by atoms with Gasteiger partial charge in [-0.1, -0.05) is 12.7 Å². The van der Waals surface area contributed by atoms with Crippen LogP contribution < -0.4 is 0 Å². The van der Waals surface area contributed by atoms with E-state index in [1.54, 1.807) is 30.3 Å². The van der Waals surface area contributed by atoms with Crippen LogP contribution in [0.3, 0.4) is 0 Å². The Hall–Kier alpha value is -2.55. The van der Waals surface area contributed by atoms with Gasteiger partial charge in [0.2, 0.25) is 0 Å². The number of rotatable bonds is 3. The first-order valence-corrected chi connectivity index (χ1v) is 6.73. The highest BCUT2D eigenvalue weighted by Crippen LogP contribution is 2.29. The normalized spacial score (nSPS) is 11.5. The van der Waals surface area contributed by atoms with E-state index < -0.39 is 0 Å². The van der Waals surface area contributed by atoms with Crippen molar-refractivity contribution < 1.29 is 10.2 Å². The van der Waals surface area contributed by atoms with Gasteiger partial charge in [-0.3, -0.25) is 4.99 Å². The molecule has 0 amide bonds. The fourth-order valence-electron chi connectivity index (χ4n) is 2.33. The van der Waals surface area contributed by atoms with Crippen molar-refractivity contribution >= 4 is 17.5 Å². The van der Waals surface area contributed by atoms with E-state index in [1.165, 1.54) is 0 Å². The van der Waals surface area contributed by atoms with Gasteiger partial charge in [0.1, 0.15) is 11.5 Å². The average molecular weight is 281 g/mol. The summed E-state index contributed by atoms with van der Waals surface area (Å²) in [6.07, 6.45) is 1.70. The van der Waals surface area contributed by atoms with Crippen LogP contribution in [0.1, 0.15) is 29.2 Å². The third kappa shape index (κ3) is 3.14. The Morgan fingerprint density at radius 3 is 2.43 bits per heavy atom. The summed E-state index contributed by atoms with van der Waals surface area (Å²) < 4.78 is 0. The van der Waals surface area contributed by atoms with Crippen molar-refractivity contribution in [2.45, 2.75) is 20.8 Å². The largest absolute Gasteiger partial charge is 0.508 e. The zero-order valence-corrected chi connectivity index (χ0v) is 12.5. The number of aryl methyl sites for hydroxylation is 1. The van der Waals surface area contributed by atoms with E-state index in [4.69, 9.17) is 0 Å². The highest BCUT2D eigenvalue weighted by atomic mass is 16.3. The first kappa shape index (κ1) is 14.9. The van der Waals surface area contributed by atoms with Gasteiger partial charge in [0.25, 0.3) is 0 Å². The Bertz CT molecular complexity index is 730. The summed E-state index contributed by atoms with van der Waals surface area (Å²) in [4.78, 5) is 4.62. The molecule has 0 unspecified atom stereocenters. The van der Waals surface area contributed by atoms with E-state index in [2.05, 4.69) is 11.6 Å². The zero-order valence-electron chi connectivity index (χ0n) is 12.5. The van der Waals surface area contributed by atoms with Crippen LogP contribution in [0.2, 0.25) is 0 Å². The van der Waals surface area contributed by atoms with Crippen LogP contribution in [-0.2, 0) is 0 Å². The summed E-state index contributed by atoms with van der Waals surface area (Å²) >= 11 is 0. The van der Waals surface area contributed by atoms with Crippen LogP contribution in [0, 0.1) is 13.8 Å². The molecule has 0 bridgehead atoms. The minimum absolute atomic E-state index is 0.171. The van der Waals surface area contributed by atoms with Gasteiger partial charge < -0.3 is 10.2 Å². The molecule has 0 spiro atoms. The lowest BCUT2D eigenvalue weighted by Crippen LogP contribution is -1.97. The molecular weight excluding hydrogens is 262 g/mol. The van der Waals surface area contributed by atoms with Crippen molar-refractivity contribution in [3.8, 4) is 11.5 Å². The Morgan fingerprint density at radius 2 is 1.81 bits per heavy atom. The van der Waals surface area contributed by atoms with E-state index in [-0.39, 0.29) is 11.5 Å². The van der Waals surface area contributed by atoms with Crippen molar-refractivity contribution in [1.82, 2.24) is 0 Å². The second kappa shape index (κ2) is 5.83. The lowest BCUT2D eigenvalue weighted by molar-refractivity contribution is 0.474. The third-order valence-electron chi connectivity index (χ3n) is 3.51. The van der Waals surface area contributed by atoms with Crippen LogP contribution >= 0.6 is 0 Å². The van der Waals surface area contributed by atoms with Crippen LogP contribution in [0.25, 0.3) is 6.08 Å². The van der Waals surface area contributed by atoms with E-state index in [0.717, 1.165) is 33.7 Å². The van der Waals surface area contributed by atoms with Crippen LogP contribution in [0.4, 0.5) is 5.69 Å². The second-order valence-electron chi connectivity index (χ2n) is 5.08. The smallest absolute Gasteiger partial charge is 0.118 e. The number of phenolic OH excluding ortho intramolecular Hbond substituents is 2. The number of hydrogen-bond donors (Lipinski definition) is 2. The van der Waals surface area contributed by atoms with E-state index in [0.29, 0.717) is 0 Å². The first-order valence-electron chi connectivity index (χ1n) is 6.73. The van der Waals surface area contributed by atoms with E-state index in [1.807, 2.05) is 26.8 Å². The molecule has 21 heavy (non-hydrogen) atoms. The summed E-state index contributed by atoms with van der Waals surface area (Å²) in [5, 5.41) is 19.2. The summed E-state index contributed by atoms with van der Waals surface area (Å²) in [6, 6.07) is 8.50. The second-order valence-corrected chi connectivity index (χ2v) is 5.08. The van der Waals surface area contributed by atoms with Crippen LogP contribution in [-0.4, -0.2) is 15.9 Å². The third-order valence-corrected chi connectivity index (χ3v) is 3.51. The van der Waals surface area contributed by atoms with Crippen molar-refractivity contribution in [2.24, 2.45) is 4.99 Å². The van der Waals surface area contributed by atoms with Gasteiger partial charge in [-0.2, -0.15) is 0 Å². The summed E-state index contributed by atoms with van der Waals surface area (Å²) in [6.45, 7) is 9.54. The Labute approximate surface area is 124 Å². The van der Waals surface area contributed by atoms with Gasteiger partial charge in [-0.15, -0.1) is 0 Å². The Morgan fingerprint density at radius 1 is 1.10 bits per heavy atom. The standard InChI is InChI=1S/C18H19NO2/c1-5-14-9-16(21)10-18(12(14)3)19-13(4)17-7-6-15(20)8-11(17)2/h5-10,20-21H,1H2,2-4H3. The summed E-state index contributed by atoms with van der Waals surface area (Å²) in [7, 11) is 0. The molecule has 3 nitrogen and oxygen atoms in total. The number of benzene rings is 2. The fourth-order valence-corrected chi connectivity index (χ4v) is 2.33. The number of phenols is 2. The molecule has 0 saturated carbocycles. The molecular formula is C18H19NO2. The summed E-state index contributed by atoms with van der Waals surface area (Å²) in [5.41, 5.74) is 5.31. The predicted molar refractivity (Wildman–Crippen MR) is 87.6 cm³/mol. The van der Waals surface area contributed by atoms with Crippen molar-refractivity contribution in [3.63, 3.8) is 0 Å². The molecule has 0 aliphatic carbocycles. The SMILES string of the molecule is C=Cc1cc(O)cc(N=C(C)c2ccc(O)cc2C)c1C. The number of aliphatic imine (C=N–C) groups is 1. The molecule has 0 heterocycles. The molecule has 0 fully saturated rings. The molecule has 0 aliphatic heterocycles. The molecule has 2 aromatic rings. The highest BCUT2D eigenvalue weighted by Gasteiger charge is 2.07. The minimum Gasteiger partial charge on any atom is -0.508 e. The zero-order chi connectivity index (χ0) is 15.6. The van der Waals surface area contributed by atoms with Crippen molar-refractivity contribution in [1.29, 1.82) is 0 Å². The topological polar surface area (TPSA) is 52.8 Å². The van der Waals surface area contributed by atoms with Gasteiger partial charge in [0.15, 0.2) is 0 Å². The maximum absolute atomic E-state index is 9.77. The van der Waals surface area contributed by atoms with Gasteiger partial charge >= 0.3 is 0 Å². The number of nitrogens with zero attached hydrogens (tertiary/aromatic N) is 1. The molecule has 3 heteroatoms. The van der Waals surface area contributed by atoms with E-state index >= 15 is 0 Å². The molecule has 0 atom stereocenters. The van der Waals surface area contributed by atoms with Crippen molar-refractivity contribution in [2.75, 3.05) is 0 Å². The van der Waals surface area contributed by atoms with Gasteiger partial charge in [-0.25, -0.2) is 0 Å². The molecule has 108 valence electrons. The highest BCUT2D eigenvalue weighted by molar-refractivity contribution is 6.01. The summed E-state index contributed by atoms with van der Waals surface area (Å²) in [5.74, 6) is 0.413. The van der Waals surface area contributed by atoms with Crippen LogP contribution in [0.15, 0.2) is 41.9 Å². The number of aromatic hydroxyl groups is 2. The molecule has 2 aromatic carbocycles. The Kier molecular flexibility index (Phi) is 4.13. The van der Waals surface area contributed by atoms with Crippen molar-refractivity contribution in [3.05, 3.63) is 59.2 Å². The molecule has 2 N–H and O–H groups in total. The molecule has 2 rings (SSSR count). The molecule has 0 radical (unpaired) electrons. The molecule has 0 aromatic heterocycles. The fraction of sp³-hybridized carbons (Fsp3) is 0.167. The van der Waals surface area contributed by atoms with E-state index in [9.17, 15) is 10.2 Å². The quantitative estimate of drug-likeness (QED) is 0.814. The van der Waals surface area contributed by atoms with Gasteiger partial charge in [0.05, 0.1) is 5.69 Å². The molecule has 0 aliphatic rings. The van der Waals surface area contributed by atoms with Crippen LogP contribution in [0.5, 0.6) is 11.5 Å². The maximum atomic E-state index is 9.77. The first-order chi connectivity index (χ1) is 9.92. The lowest BCUT2D eigenvalue weighted by Gasteiger charge is -2.09. The maximum Gasteiger partial charge on any atom is 0.118 e. The Balaban J connectivity index is 2.53. The molecule has 0 saturated heterocycles. The average Bonchev–Trinajstić information content (AvgIpc) is 2.42. The number of hydrogen-bond acceptors (Lipinski definition) is 3. The van der Waals surface area contributed by atoms with Gasteiger partial charge in [0, 0.05) is 11.8 Å². The predicted octanol–water partition coefficient (Wildman–Crippen LogP) is 4.50. The monoisotopic (exact) mass is 281 g/mol. The minimum atomic E-state index is 0.171.